The zero-order chi connectivity index (χ0) is 17.3. The Kier molecular flexibility index (Phi) is 4.87. The molecule has 2 aromatic rings. The predicted octanol–water partition coefficient (Wildman–Crippen LogP) is 2.99. The molecule has 126 valence electrons. The lowest BCUT2D eigenvalue weighted by Crippen LogP contribution is -2.32. The molecule has 0 aliphatic carbocycles. The average Bonchev–Trinajstić information content (AvgIpc) is 2.67. The Hall–Kier alpha value is -1.92. The van der Waals surface area contributed by atoms with Crippen molar-refractivity contribution in [2.24, 2.45) is 0 Å². The normalized spacial score (nSPS) is 14.2. The number of benzene rings is 1. The number of amides is 1. The van der Waals surface area contributed by atoms with Crippen molar-refractivity contribution in [2.45, 2.75) is 27.0 Å². The molecule has 0 unspecified atom stereocenters. The third-order valence-electron chi connectivity index (χ3n) is 3.91. The number of pyridine rings is 1. The van der Waals surface area contributed by atoms with Crippen LogP contribution in [-0.4, -0.2) is 34.0 Å². The van der Waals surface area contributed by atoms with Crippen molar-refractivity contribution in [1.29, 1.82) is 0 Å². The fourth-order valence-corrected chi connectivity index (χ4v) is 3.55. The summed E-state index contributed by atoms with van der Waals surface area (Å²) in [6.07, 6.45) is 0. The maximum absolute atomic E-state index is 12.9. The minimum absolute atomic E-state index is 0.112. The first kappa shape index (κ1) is 16.9. The third-order valence-corrected chi connectivity index (χ3v) is 4.50. The molecule has 0 fully saturated rings. The number of aryl methyl sites for hydroxylation is 2. The molecule has 1 amide bonds. The summed E-state index contributed by atoms with van der Waals surface area (Å²) >= 11 is 3.42. The van der Waals surface area contributed by atoms with Crippen LogP contribution in [0, 0.1) is 13.8 Å². The lowest BCUT2D eigenvalue weighted by atomic mass is 10.1. The Balaban J connectivity index is 1.94. The maximum atomic E-state index is 12.9. The molecule has 24 heavy (non-hydrogen) atoms. The molecule has 0 atom stereocenters. The average molecular weight is 391 g/mol. The number of hydrogen-bond acceptors (Lipinski definition) is 4. The fourth-order valence-electron chi connectivity index (χ4n) is 2.93. The van der Waals surface area contributed by atoms with Crippen LogP contribution in [-0.2, 0) is 13.2 Å². The van der Waals surface area contributed by atoms with Gasteiger partial charge in [0.2, 0.25) is 0 Å². The minimum Gasteiger partial charge on any atom is -0.490 e. The van der Waals surface area contributed by atoms with Crippen LogP contribution in [0.5, 0.6) is 5.75 Å². The molecule has 0 radical (unpaired) electrons. The fraction of sp³-hybridized carbons (Fsp3) is 0.333. The van der Waals surface area contributed by atoms with Gasteiger partial charge < -0.3 is 14.7 Å². The molecule has 1 aromatic carbocycles. The Bertz CT molecular complexity index is 772. The van der Waals surface area contributed by atoms with E-state index in [2.05, 4.69) is 20.9 Å². The van der Waals surface area contributed by atoms with Crippen LogP contribution in [0.1, 0.15) is 32.9 Å². The highest BCUT2D eigenvalue weighted by atomic mass is 79.9. The second kappa shape index (κ2) is 6.91. The van der Waals surface area contributed by atoms with E-state index >= 15 is 0 Å². The largest absolute Gasteiger partial charge is 0.490 e. The number of aromatic nitrogens is 1. The molecule has 0 spiro atoms. The van der Waals surface area contributed by atoms with Gasteiger partial charge in [0.1, 0.15) is 12.4 Å². The Labute approximate surface area is 149 Å². The van der Waals surface area contributed by atoms with E-state index in [1.165, 1.54) is 0 Å². The molecule has 1 aromatic heterocycles. The molecule has 0 bridgehead atoms. The van der Waals surface area contributed by atoms with Gasteiger partial charge in [0.25, 0.3) is 5.91 Å². The van der Waals surface area contributed by atoms with Crippen LogP contribution >= 0.6 is 15.9 Å². The maximum Gasteiger partial charge on any atom is 0.258 e. The Morgan fingerprint density at radius 1 is 1.29 bits per heavy atom. The topological polar surface area (TPSA) is 62.7 Å². The molecule has 3 rings (SSSR count). The van der Waals surface area contributed by atoms with Gasteiger partial charge in [-0.05, 0) is 65.2 Å². The van der Waals surface area contributed by atoms with Gasteiger partial charge in [-0.15, -0.1) is 0 Å². The Morgan fingerprint density at radius 3 is 2.79 bits per heavy atom. The van der Waals surface area contributed by atoms with Crippen molar-refractivity contribution in [3.8, 4) is 5.75 Å². The number of halogens is 1. The highest BCUT2D eigenvalue weighted by molar-refractivity contribution is 9.10. The van der Waals surface area contributed by atoms with E-state index in [9.17, 15) is 9.90 Å². The van der Waals surface area contributed by atoms with Crippen LogP contribution in [0.3, 0.4) is 0 Å². The summed E-state index contributed by atoms with van der Waals surface area (Å²) in [6, 6.07) is 7.46. The van der Waals surface area contributed by atoms with Crippen LogP contribution in [0.25, 0.3) is 0 Å². The van der Waals surface area contributed by atoms with Gasteiger partial charge in [0.15, 0.2) is 0 Å². The van der Waals surface area contributed by atoms with E-state index in [4.69, 9.17) is 4.74 Å². The first-order valence-electron chi connectivity index (χ1n) is 7.77. The molecule has 2 heterocycles. The molecule has 5 nitrogen and oxygen atoms in total. The number of ether oxygens (including phenoxy) is 1. The van der Waals surface area contributed by atoms with Crippen LogP contribution < -0.4 is 4.74 Å². The molecule has 1 aliphatic rings. The molecule has 0 saturated carbocycles. The van der Waals surface area contributed by atoms with Gasteiger partial charge >= 0.3 is 0 Å². The van der Waals surface area contributed by atoms with Crippen LogP contribution in [0.15, 0.2) is 28.7 Å². The van der Waals surface area contributed by atoms with Crippen molar-refractivity contribution in [2.75, 3.05) is 13.2 Å². The summed E-state index contributed by atoms with van der Waals surface area (Å²) in [7, 11) is 0. The summed E-state index contributed by atoms with van der Waals surface area (Å²) in [6.45, 7) is 5.18. The monoisotopic (exact) mass is 390 g/mol. The number of aliphatic hydroxyl groups excluding tert-OH is 1. The van der Waals surface area contributed by atoms with Crippen LogP contribution in [0.4, 0.5) is 0 Å². The van der Waals surface area contributed by atoms with Crippen molar-refractivity contribution in [3.63, 3.8) is 0 Å². The van der Waals surface area contributed by atoms with Gasteiger partial charge in [-0.2, -0.15) is 0 Å². The summed E-state index contributed by atoms with van der Waals surface area (Å²) in [5.74, 6) is 0.424. The summed E-state index contributed by atoms with van der Waals surface area (Å²) in [5, 5.41) is 9.39. The summed E-state index contributed by atoms with van der Waals surface area (Å²) < 4.78 is 6.44. The van der Waals surface area contributed by atoms with Gasteiger partial charge in [-0.3, -0.25) is 9.78 Å². The van der Waals surface area contributed by atoms with Gasteiger partial charge in [0, 0.05) is 5.69 Å². The zero-order valence-corrected chi connectivity index (χ0v) is 15.3. The molecular formula is C18H19BrN2O3. The van der Waals surface area contributed by atoms with E-state index in [1.54, 1.807) is 17.0 Å². The number of aliphatic hydroxyl groups is 1. The number of carbonyl (C=O) groups excluding carboxylic acids is 1. The highest BCUT2D eigenvalue weighted by Gasteiger charge is 2.26. The van der Waals surface area contributed by atoms with E-state index in [-0.39, 0.29) is 12.5 Å². The molecule has 0 saturated heterocycles. The number of nitrogens with zero attached hydrogens (tertiary/aromatic N) is 2. The number of hydrogen-bond donors (Lipinski definition) is 1. The van der Waals surface area contributed by atoms with Gasteiger partial charge in [-0.25, -0.2) is 0 Å². The molecule has 6 heteroatoms. The molecule has 1 N–H and O–H groups in total. The lowest BCUT2D eigenvalue weighted by molar-refractivity contribution is 0.0740. The molecular weight excluding hydrogens is 372 g/mol. The lowest BCUT2D eigenvalue weighted by Gasteiger charge is -2.20. The van der Waals surface area contributed by atoms with Gasteiger partial charge in [0.05, 0.1) is 35.4 Å². The quantitative estimate of drug-likeness (QED) is 0.874. The van der Waals surface area contributed by atoms with E-state index < -0.39 is 0 Å². The highest BCUT2D eigenvalue weighted by Crippen LogP contribution is 2.33. The van der Waals surface area contributed by atoms with E-state index in [0.29, 0.717) is 41.0 Å². The van der Waals surface area contributed by atoms with Crippen molar-refractivity contribution < 1.29 is 14.6 Å². The first-order valence-corrected chi connectivity index (χ1v) is 8.56. The van der Waals surface area contributed by atoms with Crippen LogP contribution in [0.2, 0.25) is 0 Å². The number of fused-ring (bicyclic) bond motifs is 1. The summed E-state index contributed by atoms with van der Waals surface area (Å²) in [5.41, 5.74) is 4.07. The standard InChI is InChI=1S/C18H19BrN2O3/c1-11-5-12(2)20-14(6-11)9-21-3-4-24-17-15(18(21)23)7-13(10-22)8-16(17)19/h5-8,22H,3-4,9-10H2,1-2H3. The van der Waals surface area contributed by atoms with Crippen molar-refractivity contribution in [3.05, 3.63) is 56.8 Å². The van der Waals surface area contributed by atoms with E-state index in [1.807, 2.05) is 26.0 Å². The third kappa shape index (κ3) is 3.44. The molecule has 1 aliphatic heterocycles. The Morgan fingerprint density at radius 2 is 2.08 bits per heavy atom. The zero-order valence-electron chi connectivity index (χ0n) is 13.7. The number of carbonyl (C=O) groups is 1. The van der Waals surface area contributed by atoms with Crippen molar-refractivity contribution >= 4 is 21.8 Å². The summed E-state index contributed by atoms with van der Waals surface area (Å²) in [4.78, 5) is 19.2. The van der Waals surface area contributed by atoms with Gasteiger partial charge in [-0.1, -0.05) is 0 Å². The van der Waals surface area contributed by atoms with Crippen molar-refractivity contribution in [1.82, 2.24) is 9.88 Å². The predicted molar refractivity (Wildman–Crippen MR) is 94.0 cm³/mol. The second-order valence-corrected chi connectivity index (χ2v) is 6.82. The second-order valence-electron chi connectivity index (χ2n) is 5.96. The number of rotatable bonds is 3. The minimum atomic E-state index is -0.127. The SMILES string of the molecule is Cc1cc(C)nc(CN2CCOc3c(Br)cc(CO)cc3C2=O)c1. The first-order chi connectivity index (χ1) is 11.5. The smallest absolute Gasteiger partial charge is 0.258 e. The van der Waals surface area contributed by atoms with E-state index in [0.717, 1.165) is 17.0 Å².